The van der Waals surface area contributed by atoms with Crippen molar-refractivity contribution < 1.29 is 4.79 Å². The van der Waals surface area contributed by atoms with E-state index in [0.717, 1.165) is 30.2 Å². The van der Waals surface area contributed by atoms with Crippen molar-refractivity contribution >= 4 is 11.7 Å². The lowest BCUT2D eigenvalue weighted by molar-refractivity contribution is -0.138. The number of hydrogen-bond donors (Lipinski definition) is 1. The molecule has 4 saturated carbocycles. The average molecular weight is 275 g/mol. The fraction of sp³-hybridized carbons (Fsp3) is 0.875. The molecule has 1 aliphatic heterocycles. The normalized spacial score (nSPS) is 45.1. The SMILES string of the molecule is CC1(C)C(=O)N(CC2C3CC4CC(C3)CC2C4)N=C1N. The summed E-state index contributed by atoms with van der Waals surface area (Å²) in [6, 6.07) is 0. The van der Waals surface area contributed by atoms with E-state index in [2.05, 4.69) is 5.10 Å². The molecule has 0 saturated heterocycles. The number of carbonyl (C=O) groups is 1. The smallest absolute Gasteiger partial charge is 0.256 e. The van der Waals surface area contributed by atoms with E-state index in [1.54, 1.807) is 5.01 Å². The van der Waals surface area contributed by atoms with Gasteiger partial charge in [0.15, 0.2) is 0 Å². The third kappa shape index (κ3) is 1.66. The van der Waals surface area contributed by atoms with Crippen molar-refractivity contribution in [1.29, 1.82) is 0 Å². The summed E-state index contributed by atoms with van der Waals surface area (Å²) >= 11 is 0. The average Bonchev–Trinajstić information content (AvgIpc) is 2.57. The third-order valence-electron chi connectivity index (χ3n) is 6.44. The summed E-state index contributed by atoms with van der Waals surface area (Å²) in [6.45, 7) is 4.56. The minimum atomic E-state index is -0.605. The number of hydrazone groups is 1. The fourth-order valence-corrected chi connectivity index (χ4v) is 5.39. The van der Waals surface area contributed by atoms with Crippen LogP contribution in [0.25, 0.3) is 0 Å². The summed E-state index contributed by atoms with van der Waals surface area (Å²) < 4.78 is 0. The van der Waals surface area contributed by atoms with Crippen LogP contribution in [0.4, 0.5) is 0 Å². The van der Waals surface area contributed by atoms with Crippen LogP contribution in [0.1, 0.15) is 46.0 Å². The van der Waals surface area contributed by atoms with Gasteiger partial charge >= 0.3 is 0 Å². The molecule has 4 bridgehead atoms. The van der Waals surface area contributed by atoms with Gasteiger partial charge in [-0.2, -0.15) is 5.10 Å². The van der Waals surface area contributed by atoms with Gasteiger partial charge in [0.2, 0.25) is 0 Å². The molecule has 0 spiro atoms. The Morgan fingerprint density at radius 1 is 1.15 bits per heavy atom. The molecular formula is C16H25N3O. The molecule has 5 rings (SSSR count). The molecule has 4 fully saturated rings. The molecule has 0 aromatic heterocycles. The number of amides is 1. The van der Waals surface area contributed by atoms with Crippen molar-refractivity contribution in [2.24, 2.45) is 45.8 Å². The van der Waals surface area contributed by atoms with Gasteiger partial charge in [0.25, 0.3) is 5.91 Å². The maximum Gasteiger partial charge on any atom is 0.256 e. The van der Waals surface area contributed by atoms with Crippen molar-refractivity contribution in [2.75, 3.05) is 6.54 Å². The highest BCUT2D eigenvalue weighted by Gasteiger charge is 2.50. The van der Waals surface area contributed by atoms with Gasteiger partial charge in [-0.1, -0.05) is 0 Å². The topological polar surface area (TPSA) is 58.7 Å². The summed E-state index contributed by atoms with van der Waals surface area (Å²) in [7, 11) is 0. The molecule has 20 heavy (non-hydrogen) atoms. The van der Waals surface area contributed by atoms with E-state index in [1.807, 2.05) is 13.8 Å². The van der Waals surface area contributed by atoms with E-state index >= 15 is 0 Å². The predicted octanol–water partition coefficient (Wildman–Crippen LogP) is 2.20. The molecule has 4 heteroatoms. The van der Waals surface area contributed by atoms with Gasteiger partial charge in [-0.15, -0.1) is 0 Å². The van der Waals surface area contributed by atoms with E-state index in [0.29, 0.717) is 11.8 Å². The second-order valence-electron chi connectivity index (χ2n) is 8.09. The lowest BCUT2D eigenvalue weighted by Gasteiger charge is -2.54. The molecule has 0 unspecified atom stereocenters. The first-order valence-electron chi connectivity index (χ1n) is 8.11. The van der Waals surface area contributed by atoms with Crippen molar-refractivity contribution in [1.82, 2.24) is 5.01 Å². The highest BCUT2D eigenvalue weighted by molar-refractivity contribution is 6.09. The first kappa shape index (κ1) is 12.7. The molecule has 2 N–H and O–H groups in total. The van der Waals surface area contributed by atoms with E-state index in [-0.39, 0.29) is 5.91 Å². The Bertz CT molecular complexity index is 454. The van der Waals surface area contributed by atoms with E-state index in [9.17, 15) is 4.79 Å². The lowest BCUT2D eigenvalue weighted by atomic mass is 9.52. The monoisotopic (exact) mass is 275 g/mol. The predicted molar refractivity (Wildman–Crippen MR) is 77.7 cm³/mol. The summed E-state index contributed by atoms with van der Waals surface area (Å²) in [5.74, 6) is 4.85. The van der Waals surface area contributed by atoms with Gasteiger partial charge in [0.1, 0.15) is 11.3 Å². The van der Waals surface area contributed by atoms with E-state index < -0.39 is 5.41 Å². The van der Waals surface area contributed by atoms with Gasteiger partial charge in [0, 0.05) is 6.54 Å². The Hall–Kier alpha value is -1.06. The molecule has 0 atom stereocenters. The number of nitrogens with zero attached hydrogens (tertiary/aromatic N) is 2. The molecule has 5 aliphatic rings. The zero-order valence-corrected chi connectivity index (χ0v) is 12.5. The molecule has 1 amide bonds. The largest absolute Gasteiger partial charge is 0.385 e. The molecule has 0 aromatic carbocycles. The Morgan fingerprint density at radius 3 is 2.15 bits per heavy atom. The molecule has 4 nitrogen and oxygen atoms in total. The van der Waals surface area contributed by atoms with Gasteiger partial charge < -0.3 is 5.73 Å². The Labute approximate surface area is 120 Å². The second kappa shape index (κ2) is 3.99. The van der Waals surface area contributed by atoms with Crippen molar-refractivity contribution in [2.45, 2.75) is 46.0 Å². The molecule has 110 valence electrons. The van der Waals surface area contributed by atoms with Crippen molar-refractivity contribution in [3.8, 4) is 0 Å². The quantitative estimate of drug-likeness (QED) is 0.840. The summed E-state index contributed by atoms with van der Waals surface area (Å²) in [5, 5.41) is 6.03. The molecule has 0 radical (unpaired) electrons. The summed E-state index contributed by atoms with van der Waals surface area (Å²) in [4.78, 5) is 12.4. The minimum Gasteiger partial charge on any atom is -0.385 e. The number of hydrogen-bond acceptors (Lipinski definition) is 3. The Morgan fingerprint density at radius 2 is 1.70 bits per heavy atom. The molecule has 1 heterocycles. The van der Waals surface area contributed by atoms with Crippen LogP contribution in [0.15, 0.2) is 5.10 Å². The zero-order valence-electron chi connectivity index (χ0n) is 12.5. The lowest BCUT2D eigenvalue weighted by Crippen LogP contribution is -2.49. The van der Waals surface area contributed by atoms with Crippen molar-refractivity contribution in [3.05, 3.63) is 0 Å². The van der Waals surface area contributed by atoms with Crippen LogP contribution < -0.4 is 5.73 Å². The van der Waals surface area contributed by atoms with E-state index in [4.69, 9.17) is 5.73 Å². The Balaban J connectivity index is 1.52. The molecular weight excluding hydrogens is 250 g/mol. The summed E-state index contributed by atoms with van der Waals surface area (Å²) in [6.07, 6.45) is 7.04. The van der Waals surface area contributed by atoms with Crippen LogP contribution in [0.5, 0.6) is 0 Å². The number of nitrogens with two attached hydrogens (primary N) is 1. The maximum atomic E-state index is 12.4. The van der Waals surface area contributed by atoms with Crippen molar-refractivity contribution in [3.63, 3.8) is 0 Å². The second-order valence-corrected chi connectivity index (χ2v) is 8.09. The first-order valence-corrected chi connectivity index (χ1v) is 8.11. The van der Waals surface area contributed by atoms with Crippen LogP contribution in [0.3, 0.4) is 0 Å². The maximum absolute atomic E-state index is 12.4. The highest BCUT2D eigenvalue weighted by Crippen LogP contribution is 2.56. The van der Waals surface area contributed by atoms with Crippen LogP contribution in [-0.4, -0.2) is 23.3 Å². The number of carbonyl (C=O) groups excluding carboxylic acids is 1. The fourth-order valence-electron chi connectivity index (χ4n) is 5.39. The third-order valence-corrected chi connectivity index (χ3v) is 6.44. The zero-order chi connectivity index (χ0) is 14.1. The van der Waals surface area contributed by atoms with Crippen LogP contribution in [-0.2, 0) is 4.79 Å². The standard InChI is InChI=1S/C16H25N3O/c1-16(2)14(17)18-19(15(16)20)8-13-11-4-9-3-10(6-11)7-12(13)5-9/h9-13H,3-8H2,1-2H3,(H2,17,18). The first-order chi connectivity index (χ1) is 9.45. The summed E-state index contributed by atoms with van der Waals surface area (Å²) in [5.41, 5.74) is 5.33. The Kier molecular flexibility index (Phi) is 2.52. The van der Waals surface area contributed by atoms with Crippen LogP contribution in [0.2, 0.25) is 0 Å². The van der Waals surface area contributed by atoms with Gasteiger partial charge in [-0.25, -0.2) is 5.01 Å². The van der Waals surface area contributed by atoms with E-state index in [1.165, 1.54) is 32.1 Å². The highest BCUT2D eigenvalue weighted by atomic mass is 16.2. The van der Waals surface area contributed by atoms with Gasteiger partial charge in [-0.3, -0.25) is 4.79 Å². The molecule has 0 aromatic rings. The number of amidine groups is 1. The number of rotatable bonds is 2. The van der Waals surface area contributed by atoms with Crippen LogP contribution >= 0.6 is 0 Å². The van der Waals surface area contributed by atoms with Gasteiger partial charge in [0.05, 0.1) is 0 Å². The van der Waals surface area contributed by atoms with Crippen LogP contribution in [0, 0.1) is 35.0 Å². The molecule has 4 aliphatic carbocycles. The van der Waals surface area contributed by atoms with Gasteiger partial charge in [-0.05, 0) is 75.5 Å². The minimum absolute atomic E-state index is 0.0869.